The first-order valence-electron chi connectivity index (χ1n) is 5.63. The summed E-state index contributed by atoms with van der Waals surface area (Å²) in [7, 11) is -3.64. The van der Waals surface area contributed by atoms with Crippen LogP contribution >= 0.6 is 11.6 Å². The van der Waals surface area contributed by atoms with Crippen LogP contribution in [0, 0.1) is 0 Å². The van der Waals surface area contributed by atoms with Gasteiger partial charge in [0, 0.05) is 17.5 Å². The Kier molecular flexibility index (Phi) is 5.59. The molecule has 0 aromatic heterocycles. The fourth-order valence-corrected chi connectivity index (χ4v) is 2.91. The molecule has 1 aromatic rings. The Morgan fingerprint density at radius 1 is 1.47 bits per heavy atom. The van der Waals surface area contributed by atoms with Crippen molar-refractivity contribution in [1.29, 1.82) is 0 Å². The molecule has 0 fully saturated rings. The average molecular weight is 306 g/mol. The van der Waals surface area contributed by atoms with Crippen LogP contribution < -0.4 is 10.5 Å². The van der Waals surface area contributed by atoms with Gasteiger partial charge in [-0.25, -0.2) is 13.1 Å². The van der Waals surface area contributed by atoms with Gasteiger partial charge in [-0.05, 0) is 30.7 Å². The number of rotatable bonds is 6. The molecule has 19 heavy (non-hydrogen) atoms. The van der Waals surface area contributed by atoms with E-state index in [1.54, 1.807) is 6.92 Å². The number of halogens is 1. The molecule has 0 heterocycles. The smallest absolute Gasteiger partial charge is 0.240 e. The van der Waals surface area contributed by atoms with Gasteiger partial charge in [-0.1, -0.05) is 23.7 Å². The molecule has 0 saturated heterocycles. The van der Waals surface area contributed by atoms with Crippen molar-refractivity contribution >= 4 is 27.5 Å². The number of amidine groups is 1. The van der Waals surface area contributed by atoms with Gasteiger partial charge in [-0.15, -0.1) is 0 Å². The van der Waals surface area contributed by atoms with E-state index in [1.165, 1.54) is 24.3 Å². The predicted octanol–water partition coefficient (Wildman–Crippen LogP) is 1.53. The van der Waals surface area contributed by atoms with E-state index in [1.807, 2.05) is 0 Å². The predicted molar refractivity (Wildman–Crippen MR) is 73.9 cm³/mol. The first kappa shape index (κ1) is 15.7. The molecule has 106 valence electrons. The molecule has 0 aliphatic rings. The van der Waals surface area contributed by atoms with E-state index in [-0.39, 0.29) is 17.2 Å². The van der Waals surface area contributed by atoms with Crippen molar-refractivity contribution in [2.75, 3.05) is 0 Å². The maximum atomic E-state index is 12.1. The van der Waals surface area contributed by atoms with Gasteiger partial charge in [0.1, 0.15) is 5.84 Å². The standard InChI is InChI=1S/C11H16ClN3O3S/c1-2-9(7-11(13)14-16)15-19(17,18)10-5-3-8(12)4-6-10/h3-6,9,15-16H,2,7H2,1H3,(H2,13,14). The lowest BCUT2D eigenvalue weighted by Crippen LogP contribution is -2.37. The second kappa shape index (κ2) is 6.74. The van der Waals surface area contributed by atoms with Gasteiger partial charge in [0.25, 0.3) is 0 Å². The minimum absolute atomic E-state index is 0.0225. The molecular weight excluding hydrogens is 290 g/mol. The van der Waals surface area contributed by atoms with Crippen molar-refractivity contribution < 1.29 is 13.6 Å². The lowest BCUT2D eigenvalue weighted by Gasteiger charge is -2.16. The average Bonchev–Trinajstić information content (AvgIpc) is 2.38. The zero-order chi connectivity index (χ0) is 14.5. The molecule has 1 rings (SSSR count). The molecule has 0 aliphatic carbocycles. The molecule has 1 unspecified atom stereocenters. The summed E-state index contributed by atoms with van der Waals surface area (Å²) in [6.45, 7) is 1.81. The highest BCUT2D eigenvalue weighted by molar-refractivity contribution is 7.89. The summed E-state index contributed by atoms with van der Waals surface area (Å²) in [6, 6.07) is 5.40. The number of benzene rings is 1. The van der Waals surface area contributed by atoms with Gasteiger partial charge in [0.2, 0.25) is 10.0 Å². The Morgan fingerprint density at radius 3 is 2.53 bits per heavy atom. The van der Waals surface area contributed by atoms with Gasteiger partial charge >= 0.3 is 0 Å². The van der Waals surface area contributed by atoms with Gasteiger partial charge in [0.15, 0.2) is 0 Å². The van der Waals surface area contributed by atoms with Gasteiger partial charge < -0.3 is 10.9 Å². The van der Waals surface area contributed by atoms with Crippen molar-refractivity contribution in [3.8, 4) is 0 Å². The minimum Gasteiger partial charge on any atom is -0.409 e. The summed E-state index contributed by atoms with van der Waals surface area (Å²) in [6.07, 6.45) is 0.656. The molecule has 4 N–H and O–H groups in total. The van der Waals surface area contributed by atoms with Crippen LogP contribution in [0.1, 0.15) is 19.8 Å². The molecule has 0 bridgehead atoms. The molecule has 0 radical (unpaired) electrons. The van der Waals surface area contributed by atoms with E-state index in [0.29, 0.717) is 11.4 Å². The molecule has 0 saturated carbocycles. The van der Waals surface area contributed by atoms with Crippen LogP contribution in [0.5, 0.6) is 0 Å². The summed E-state index contributed by atoms with van der Waals surface area (Å²) in [4.78, 5) is 0.120. The number of nitrogens with one attached hydrogen (secondary N) is 1. The SMILES string of the molecule is CCC(CC(N)=NO)NS(=O)(=O)c1ccc(Cl)cc1. The van der Waals surface area contributed by atoms with E-state index >= 15 is 0 Å². The highest BCUT2D eigenvalue weighted by Crippen LogP contribution is 2.15. The first-order chi connectivity index (χ1) is 8.89. The number of nitrogens with two attached hydrogens (primary N) is 1. The zero-order valence-corrected chi connectivity index (χ0v) is 11.9. The fourth-order valence-electron chi connectivity index (χ4n) is 1.46. The molecule has 1 atom stereocenters. The number of hydrogen-bond donors (Lipinski definition) is 3. The third kappa shape index (κ3) is 4.70. The third-order valence-corrected chi connectivity index (χ3v) is 4.31. The normalized spacial score (nSPS) is 14.3. The van der Waals surface area contributed by atoms with Crippen LogP contribution in [0.4, 0.5) is 0 Å². The molecule has 0 spiro atoms. The highest BCUT2D eigenvalue weighted by Gasteiger charge is 2.19. The molecule has 1 aromatic carbocycles. The fraction of sp³-hybridized carbons (Fsp3) is 0.364. The summed E-state index contributed by atoms with van der Waals surface area (Å²) in [5, 5.41) is 11.8. The van der Waals surface area contributed by atoms with Gasteiger partial charge in [-0.3, -0.25) is 0 Å². The maximum Gasteiger partial charge on any atom is 0.240 e. The van der Waals surface area contributed by atoms with Crippen LogP contribution in [0.15, 0.2) is 34.3 Å². The van der Waals surface area contributed by atoms with Crippen LogP contribution in [-0.4, -0.2) is 25.5 Å². The number of oxime groups is 1. The summed E-state index contributed by atoms with van der Waals surface area (Å²) >= 11 is 5.71. The largest absolute Gasteiger partial charge is 0.409 e. The molecule has 8 heteroatoms. The van der Waals surface area contributed by atoms with Crippen LogP contribution in [0.25, 0.3) is 0 Å². The number of hydrogen-bond acceptors (Lipinski definition) is 4. The Hall–Kier alpha value is -1.31. The van der Waals surface area contributed by atoms with Crippen molar-refractivity contribution in [2.24, 2.45) is 10.9 Å². The van der Waals surface area contributed by atoms with Crippen molar-refractivity contribution in [3.63, 3.8) is 0 Å². The lowest BCUT2D eigenvalue weighted by atomic mass is 10.1. The monoisotopic (exact) mass is 305 g/mol. The Morgan fingerprint density at radius 2 is 2.05 bits per heavy atom. The van der Waals surface area contributed by atoms with Crippen molar-refractivity contribution in [3.05, 3.63) is 29.3 Å². The van der Waals surface area contributed by atoms with E-state index in [4.69, 9.17) is 22.5 Å². The Bertz CT molecular complexity index is 543. The second-order valence-corrected chi connectivity index (χ2v) is 6.13. The molecule has 0 amide bonds. The summed E-state index contributed by atoms with van der Waals surface area (Å²) in [5.74, 6) is -0.0225. The van der Waals surface area contributed by atoms with Crippen LogP contribution in [0.2, 0.25) is 5.02 Å². The first-order valence-corrected chi connectivity index (χ1v) is 7.49. The summed E-state index contributed by atoms with van der Waals surface area (Å²) < 4.78 is 26.7. The van der Waals surface area contributed by atoms with Gasteiger partial charge in [-0.2, -0.15) is 0 Å². The lowest BCUT2D eigenvalue weighted by molar-refractivity contribution is 0.316. The van der Waals surface area contributed by atoms with Crippen molar-refractivity contribution in [2.45, 2.75) is 30.7 Å². The van der Waals surface area contributed by atoms with E-state index < -0.39 is 16.1 Å². The van der Waals surface area contributed by atoms with Crippen LogP contribution in [0.3, 0.4) is 0 Å². The Balaban J connectivity index is 2.86. The van der Waals surface area contributed by atoms with E-state index in [2.05, 4.69) is 9.88 Å². The van der Waals surface area contributed by atoms with Gasteiger partial charge in [0.05, 0.1) is 4.90 Å². The quantitative estimate of drug-likeness (QED) is 0.321. The summed E-state index contributed by atoms with van der Waals surface area (Å²) in [5.41, 5.74) is 5.37. The highest BCUT2D eigenvalue weighted by atomic mass is 35.5. The molecular formula is C11H16ClN3O3S. The molecule has 0 aliphatic heterocycles. The minimum atomic E-state index is -3.64. The zero-order valence-electron chi connectivity index (χ0n) is 10.4. The number of sulfonamides is 1. The van der Waals surface area contributed by atoms with Crippen LogP contribution in [-0.2, 0) is 10.0 Å². The van der Waals surface area contributed by atoms with Crippen molar-refractivity contribution in [1.82, 2.24) is 4.72 Å². The topological polar surface area (TPSA) is 105 Å². The second-order valence-electron chi connectivity index (χ2n) is 3.98. The maximum absolute atomic E-state index is 12.1. The Labute approximate surface area is 117 Å². The third-order valence-electron chi connectivity index (χ3n) is 2.52. The number of nitrogens with zero attached hydrogens (tertiary/aromatic N) is 1. The van der Waals surface area contributed by atoms with E-state index in [0.717, 1.165) is 0 Å². The van der Waals surface area contributed by atoms with E-state index in [9.17, 15) is 8.42 Å². The molecule has 6 nitrogen and oxygen atoms in total.